The SMILES string of the molecule is CNC1COCC1C(=O)N(CCCO)C(C)C. The number of nitrogens with zero attached hydrogens (tertiary/aromatic N) is 1. The van der Waals surface area contributed by atoms with Gasteiger partial charge in [0.1, 0.15) is 0 Å². The Labute approximate surface area is 103 Å². The van der Waals surface area contributed by atoms with Gasteiger partial charge in [-0.3, -0.25) is 4.79 Å². The Bertz CT molecular complexity index is 246. The molecule has 0 aromatic carbocycles. The summed E-state index contributed by atoms with van der Waals surface area (Å²) in [4.78, 5) is 14.2. The zero-order chi connectivity index (χ0) is 12.8. The standard InChI is InChI=1S/C12H24N2O3/c1-9(2)14(5-4-6-15)12(16)10-7-17-8-11(10)13-3/h9-11,13,15H,4-8H2,1-3H3. The maximum Gasteiger partial charge on any atom is 0.229 e. The summed E-state index contributed by atoms with van der Waals surface area (Å²) in [5, 5.41) is 12.0. The number of hydrogen-bond donors (Lipinski definition) is 2. The first-order valence-corrected chi connectivity index (χ1v) is 6.28. The quantitative estimate of drug-likeness (QED) is 0.681. The molecule has 0 spiro atoms. The van der Waals surface area contributed by atoms with Crippen LogP contribution in [0.15, 0.2) is 0 Å². The Hall–Kier alpha value is -0.650. The number of carbonyl (C=O) groups is 1. The van der Waals surface area contributed by atoms with Gasteiger partial charge in [-0.2, -0.15) is 0 Å². The Morgan fingerprint density at radius 1 is 1.53 bits per heavy atom. The first-order valence-electron chi connectivity index (χ1n) is 6.28. The van der Waals surface area contributed by atoms with Crippen molar-refractivity contribution in [1.82, 2.24) is 10.2 Å². The predicted octanol–water partition coefficient (Wildman–Crippen LogP) is -0.160. The van der Waals surface area contributed by atoms with Gasteiger partial charge in [0.05, 0.1) is 19.1 Å². The minimum Gasteiger partial charge on any atom is -0.396 e. The van der Waals surface area contributed by atoms with E-state index in [0.717, 1.165) is 0 Å². The number of likely N-dealkylation sites (N-methyl/N-ethyl adjacent to an activating group) is 1. The van der Waals surface area contributed by atoms with Crippen molar-refractivity contribution in [2.75, 3.05) is 33.4 Å². The minimum atomic E-state index is -0.0962. The van der Waals surface area contributed by atoms with Crippen LogP contribution in [-0.4, -0.2) is 61.4 Å². The summed E-state index contributed by atoms with van der Waals surface area (Å²) in [6.07, 6.45) is 0.627. The number of aliphatic hydroxyl groups excluding tert-OH is 1. The molecule has 0 bridgehead atoms. The van der Waals surface area contributed by atoms with Gasteiger partial charge in [-0.05, 0) is 27.3 Å². The van der Waals surface area contributed by atoms with Gasteiger partial charge in [0, 0.05) is 25.2 Å². The zero-order valence-corrected chi connectivity index (χ0v) is 11.0. The second kappa shape index (κ2) is 6.93. The number of amides is 1. The van der Waals surface area contributed by atoms with Crippen LogP contribution in [0.4, 0.5) is 0 Å². The van der Waals surface area contributed by atoms with E-state index in [1.807, 2.05) is 25.8 Å². The van der Waals surface area contributed by atoms with E-state index < -0.39 is 0 Å². The summed E-state index contributed by atoms with van der Waals surface area (Å²) >= 11 is 0. The van der Waals surface area contributed by atoms with E-state index in [-0.39, 0.29) is 30.5 Å². The highest BCUT2D eigenvalue weighted by molar-refractivity contribution is 5.80. The van der Waals surface area contributed by atoms with Crippen LogP contribution < -0.4 is 5.32 Å². The van der Waals surface area contributed by atoms with Crippen molar-refractivity contribution in [3.8, 4) is 0 Å². The molecule has 5 heteroatoms. The lowest BCUT2D eigenvalue weighted by molar-refractivity contribution is -0.137. The largest absolute Gasteiger partial charge is 0.396 e. The molecule has 100 valence electrons. The molecule has 1 fully saturated rings. The number of carbonyl (C=O) groups excluding carboxylic acids is 1. The summed E-state index contributed by atoms with van der Waals surface area (Å²) in [6, 6.07) is 0.269. The molecule has 17 heavy (non-hydrogen) atoms. The summed E-state index contributed by atoms with van der Waals surface area (Å²) in [5.41, 5.74) is 0. The van der Waals surface area contributed by atoms with Crippen molar-refractivity contribution in [1.29, 1.82) is 0 Å². The van der Waals surface area contributed by atoms with Gasteiger partial charge in [-0.25, -0.2) is 0 Å². The molecule has 1 amide bonds. The molecule has 0 aromatic heterocycles. The highest BCUT2D eigenvalue weighted by atomic mass is 16.5. The van der Waals surface area contributed by atoms with Crippen molar-refractivity contribution < 1.29 is 14.6 Å². The van der Waals surface area contributed by atoms with E-state index in [1.54, 1.807) is 0 Å². The Balaban J connectivity index is 2.63. The lowest BCUT2D eigenvalue weighted by atomic mass is 10.0. The van der Waals surface area contributed by atoms with Gasteiger partial charge in [0.2, 0.25) is 5.91 Å². The number of hydrogen-bond acceptors (Lipinski definition) is 4. The summed E-state index contributed by atoms with van der Waals surface area (Å²) < 4.78 is 5.36. The van der Waals surface area contributed by atoms with Crippen LogP contribution in [0.5, 0.6) is 0 Å². The molecule has 0 saturated carbocycles. The molecule has 0 aliphatic carbocycles. The van der Waals surface area contributed by atoms with Crippen molar-refractivity contribution >= 4 is 5.91 Å². The van der Waals surface area contributed by atoms with Crippen LogP contribution in [-0.2, 0) is 9.53 Å². The minimum absolute atomic E-state index is 0.0962. The van der Waals surface area contributed by atoms with E-state index in [0.29, 0.717) is 26.2 Å². The maximum atomic E-state index is 12.4. The van der Waals surface area contributed by atoms with E-state index in [9.17, 15) is 4.79 Å². The Kier molecular flexibility index (Phi) is 5.88. The molecule has 1 aliphatic rings. The highest BCUT2D eigenvalue weighted by Crippen LogP contribution is 2.18. The van der Waals surface area contributed by atoms with Gasteiger partial charge in [-0.1, -0.05) is 0 Å². The molecule has 1 aliphatic heterocycles. The van der Waals surface area contributed by atoms with Crippen LogP contribution in [0, 0.1) is 5.92 Å². The van der Waals surface area contributed by atoms with E-state index >= 15 is 0 Å². The van der Waals surface area contributed by atoms with E-state index in [4.69, 9.17) is 9.84 Å². The van der Waals surface area contributed by atoms with Crippen LogP contribution in [0.25, 0.3) is 0 Å². The molecule has 5 nitrogen and oxygen atoms in total. The zero-order valence-electron chi connectivity index (χ0n) is 11.0. The lowest BCUT2D eigenvalue weighted by Crippen LogP contribution is -2.47. The molecule has 2 atom stereocenters. The summed E-state index contributed by atoms with van der Waals surface area (Å²) in [5.74, 6) is 0.0337. The normalized spacial score (nSPS) is 24.3. The second-order valence-corrected chi connectivity index (χ2v) is 4.74. The maximum absolute atomic E-state index is 12.4. The molecule has 1 heterocycles. The predicted molar refractivity (Wildman–Crippen MR) is 65.7 cm³/mol. The average molecular weight is 244 g/mol. The van der Waals surface area contributed by atoms with Gasteiger partial charge in [-0.15, -0.1) is 0 Å². The fourth-order valence-corrected chi connectivity index (χ4v) is 2.16. The molecular formula is C12H24N2O3. The van der Waals surface area contributed by atoms with Crippen molar-refractivity contribution in [3.05, 3.63) is 0 Å². The molecule has 2 unspecified atom stereocenters. The number of nitrogens with one attached hydrogen (secondary N) is 1. The van der Waals surface area contributed by atoms with Gasteiger partial charge < -0.3 is 20.1 Å². The fraction of sp³-hybridized carbons (Fsp3) is 0.917. The van der Waals surface area contributed by atoms with E-state index in [2.05, 4.69) is 5.32 Å². The molecular weight excluding hydrogens is 220 g/mol. The van der Waals surface area contributed by atoms with E-state index in [1.165, 1.54) is 0 Å². The molecule has 0 radical (unpaired) electrons. The fourth-order valence-electron chi connectivity index (χ4n) is 2.16. The first-order chi connectivity index (χ1) is 8.11. The average Bonchev–Trinajstić information content (AvgIpc) is 2.76. The smallest absolute Gasteiger partial charge is 0.229 e. The molecule has 1 saturated heterocycles. The van der Waals surface area contributed by atoms with Crippen LogP contribution >= 0.6 is 0 Å². The van der Waals surface area contributed by atoms with Gasteiger partial charge in [0.15, 0.2) is 0 Å². The van der Waals surface area contributed by atoms with Crippen molar-refractivity contribution in [2.24, 2.45) is 5.92 Å². The second-order valence-electron chi connectivity index (χ2n) is 4.74. The van der Waals surface area contributed by atoms with Gasteiger partial charge in [0.25, 0.3) is 0 Å². The van der Waals surface area contributed by atoms with Crippen LogP contribution in [0.2, 0.25) is 0 Å². The van der Waals surface area contributed by atoms with Crippen LogP contribution in [0.1, 0.15) is 20.3 Å². The highest BCUT2D eigenvalue weighted by Gasteiger charge is 2.36. The third kappa shape index (κ3) is 3.66. The third-order valence-corrected chi connectivity index (χ3v) is 3.23. The lowest BCUT2D eigenvalue weighted by Gasteiger charge is -2.30. The summed E-state index contributed by atoms with van der Waals surface area (Å²) in [6.45, 7) is 5.82. The van der Waals surface area contributed by atoms with Crippen molar-refractivity contribution in [2.45, 2.75) is 32.4 Å². The van der Waals surface area contributed by atoms with Crippen molar-refractivity contribution in [3.63, 3.8) is 0 Å². The third-order valence-electron chi connectivity index (χ3n) is 3.23. The number of ether oxygens (including phenoxy) is 1. The number of aliphatic hydroxyl groups is 1. The monoisotopic (exact) mass is 244 g/mol. The Morgan fingerprint density at radius 2 is 2.24 bits per heavy atom. The Morgan fingerprint density at radius 3 is 2.76 bits per heavy atom. The molecule has 2 N–H and O–H groups in total. The molecule has 1 rings (SSSR count). The topological polar surface area (TPSA) is 61.8 Å². The summed E-state index contributed by atoms with van der Waals surface area (Å²) in [7, 11) is 1.85. The first kappa shape index (κ1) is 14.4. The van der Waals surface area contributed by atoms with Gasteiger partial charge >= 0.3 is 0 Å². The van der Waals surface area contributed by atoms with Crippen LogP contribution in [0.3, 0.4) is 0 Å². The number of rotatable bonds is 6. The molecule has 0 aromatic rings.